The Balaban J connectivity index is 1.66. The molecular weight excluding hydrogens is 336 g/mol. The van der Waals surface area contributed by atoms with E-state index >= 15 is 0 Å². The Labute approximate surface area is 151 Å². The fraction of sp³-hybridized carbons (Fsp3) is 0.444. The number of carbonyl (C=O) groups is 3. The summed E-state index contributed by atoms with van der Waals surface area (Å²) >= 11 is 0. The van der Waals surface area contributed by atoms with Crippen molar-refractivity contribution in [3.63, 3.8) is 0 Å². The normalized spacial score (nSPS) is 22.1. The molecule has 0 radical (unpaired) electrons. The van der Waals surface area contributed by atoms with Crippen LogP contribution in [-0.2, 0) is 14.3 Å². The zero-order valence-electron chi connectivity index (χ0n) is 14.7. The summed E-state index contributed by atoms with van der Waals surface area (Å²) < 4.78 is 5.31. The van der Waals surface area contributed by atoms with E-state index in [1.54, 1.807) is 18.2 Å². The maximum absolute atomic E-state index is 12.7. The minimum absolute atomic E-state index is 0.441. The highest BCUT2D eigenvalue weighted by Crippen LogP contribution is 2.21. The SMILES string of the molecule is Cc1cccc(N2C(=O)NC(=O)[C@H](C=NCC[NH+]3CCOCC3)C2=O)c1. The maximum Gasteiger partial charge on any atom is 0.335 e. The van der Waals surface area contributed by atoms with Crippen molar-refractivity contribution in [2.45, 2.75) is 6.92 Å². The summed E-state index contributed by atoms with van der Waals surface area (Å²) in [5.74, 6) is -2.30. The third kappa shape index (κ3) is 4.14. The monoisotopic (exact) mass is 359 g/mol. The number of nitrogens with one attached hydrogen (secondary N) is 2. The zero-order chi connectivity index (χ0) is 18.5. The molecule has 2 heterocycles. The van der Waals surface area contributed by atoms with Gasteiger partial charge in [-0.05, 0) is 24.6 Å². The van der Waals surface area contributed by atoms with Gasteiger partial charge in [0.15, 0.2) is 5.92 Å². The van der Waals surface area contributed by atoms with Crippen molar-refractivity contribution < 1.29 is 24.0 Å². The first-order chi connectivity index (χ1) is 12.6. The Kier molecular flexibility index (Phi) is 5.75. The number of quaternary nitrogens is 1. The van der Waals surface area contributed by atoms with Gasteiger partial charge in [0.25, 0.3) is 5.91 Å². The van der Waals surface area contributed by atoms with E-state index in [1.165, 1.54) is 11.1 Å². The molecular formula is C18H23N4O4+. The second-order valence-electron chi connectivity index (χ2n) is 6.45. The molecule has 8 heteroatoms. The van der Waals surface area contributed by atoms with E-state index in [-0.39, 0.29) is 0 Å². The van der Waals surface area contributed by atoms with Crippen molar-refractivity contribution in [2.75, 3.05) is 44.3 Å². The first-order valence-corrected chi connectivity index (χ1v) is 8.73. The zero-order valence-corrected chi connectivity index (χ0v) is 14.7. The van der Waals surface area contributed by atoms with Gasteiger partial charge >= 0.3 is 6.03 Å². The van der Waals surface area contributed by atoms with E-state index in [0.29, 0.717) is 12.2 Å². The molecule has 1 atom stereocenters. The number of ether oxygens (including phenoxy) is 1. The minimum Gasteiger partial charge on any atom is -0.370 e. The van der Waals surface area contributed by atoms with Crippen molar-refractivity contribution in [1.82, 2.24) is 5.32 Å². The van der Waals surface area contributed by atoms with E-state index in [4.69, 9.17) is 4.74 Å². The van der Waals surface area contributed by atoms with Gasteiger partial charge in [-0.1, -0.05) is 12.1 Å². The van der Waals surface area contributed by atoms with Gasteiger partial charge in [-0.15, -0.1) is 0 Å². The number of aliphatic imine (C=N–C) groups is 1. The van der Waals surface area contributed by atoms with Gasteiger partial charge in [0.1, 0.15) is 13.1 Å². The topological polar surface area (TPSA) is 92.5 Å². The maximum atomic E-state index is 12.7. The van der Waals surface area contributed by atoms with Gasteiger partial charge in [0.05, 0.1) is 32.0 Å². The van der Waals surface area contributed by atoms with Crippen molar-refractivity contribution in [1.29, 1.82) is 0 Å². The molecule has 0 unspecified atom stereocenters. The summed E-state index contributed by atoms with van der Waals surface area (Å²) in [6, 6.07) is 6.29. The Hall–Kier alpha value is -2.58. The lowest BCUT2D eigenvalue weighted by molar-refractivity contribution is -0.906. The largest absolute Gasteiger partial charge is 0.370 e. The fourth-order valence-corrected chi connectivity index (χ4v) is 3.05. The quantitative estimate of drug-likeness (QED) is 0.531. The van der Waals surface area contributed by atoms with Crippen LogP contribution in [0.5, 0.6) is 0 Å². The molecule has 0 bridgehead atoms. The number of hydrogen-bond acceptors (Lipinski definition) is 5. The lowest BCUT2D eigenvalue weighted by Gasteiger charge is -2.28. The summed E-state index contributed by atoms with van der Waals surface area (Å²) in [5, 5.41) is 2.23. The molecule has 2 saturated heterocycles. The Morgan fingerprint density at radius 3 is 2.81 bits per heavy atom. The number of imide groups is 2. The third-order valence-corrected chi connectivity index (χ3v) is 4.51. The molecule has 1 aromatic carbocycles. The number of nitrogens with zero attached hydrogens (tertiary/aromatic N) is 2. The van der Waals surface area contributed by atoms with Crippen molar-refractivity contribution in [3.05, 3.63) is 29.8 Å². The van der Waals surface area contributed by atoms with Gasteiger partial charge in [-0.3, -0.25) is 19.9 Å². The number of anilines is 1. The number of barbiturate groups is 1. The van der Waals surface area contributed by atoms with Gasteiger partial charge in [-0.2, -0.15) is 0 Å². The van der Waals surface area contributed by atoms with Gasteiger partial charge < -0.3 is 9.64 Å². The van der Waals surface area contributed by atoms with Crippen LogP contribution in [0.2, 0.25) is 0 Å². The fourth-order valence-electron chi connectivity index (χ4n) is 3.05. The second-order valence-corrected chi connectivity index (χ2v) is 6.45. The molecule has 0 aromatic heterocycles. The standard InChI is InChI=1S/C18H22N4O4/c1-13-3-2-4-14(11-13)22-17(24)15(16(23)20-18(22)25)12-19-5-6-21-7-9-26-10-8-21/h2-4,11-12,15H,5-10H2,1H3,(H,20,23,25)/p+1/t15-/m0/s1. The summed E-state index contributed by atoms with van der Waals surface area (Å²) in [4.78, 5) is 43.5. The van der Waals surface area contributed by atoms with Crippen LogP contribution < -0.4 is 15.1 Å². The lowest BCUT2D eigenvalue weighted by atomic mass is 10.1. The van der Waals surface area contributed by atoms with E-state index in [9.17, 15) is 14.4 Å². The van der Waals surface area contributed by atoms with Crippen LogP contribution in [0.3, 0.4) is 0 Å². The number of carbonyl (C=O) groups excluding carboxylic acids is 3. The number of aryl methyl sites for hydroxylation is 1. The van der Waals surface area contributed by atoms with Crippen molar-refractivity contribution in [2.24, 2.45) is 10.9 Å². The number of hydrogen-bond donors (Lipinski definition) is 2. The average molecular weight is 359 g/mol. The highest BCUT2D eigenvalue weighted by Gasteiger charge is 2.40. The molecule has 0 saturated carbocycles. The first-order valence-electron chi connectivity index (χ1n) is 8.73. The summed E-state index contributed by atoms with van der Waals surface area (Å²) in [6.45, 7) is 6.58. The number of urea groups is 1. The predicted molar refractivity (Wildman–Crippen MR) is 95.4 cm³/mol. The van der Waals surface area contributed by atoms with Crippen molar-refractivity contribution in [3.8, 4) is 0 Å². The molecule has 2 N–H and O–H groups in total. The Morgan fingerprint density at radius 1 is 1.31 bits per heavy atom. The van der Waals surface area contributed by atoms with Crippen LogP contribution in [0, 0.1) is 12.8 Å². The van der Waals surface area contributed by atoms with Crippen LogP contribution >= 0.6 is 0 Å². The minimum atomic E-state index is -1.09. The summed E-state index contributed by atoms with van der Waals surface area (Å²) in [7, 11) is 0. The van der Waals surface area contributed by atoms with E-state index in [1.807, 2.05) is 13.0 Å². The molecule has 1 aromatic rings. The smallest absolute Gasteiger partial charge is 0.335 e. The highest BCUT2D eigenvalue weighted by molar-refractivity contribution is 6.32. The van der Waals surface area contributed by atoms with Crippen LogP contribution in [-0.4, -0.2) is 63.5 Å². The van der Waals surface area contributed by atoms with Gasteiger partial charge in [0.2, 0.25) is 5.91 Å². The molecule has 2 aliphatic rings. The second kappa shape index (κ2) is 8.20. The Morgan fingerprint density at radius 2 is 2.08 bits per heavy atom. The molecule has 0 aliphatic carbocycles. The van der Waals surface area contributed by atoms with Crippen LogP contribution in [0.25, 0.3) is 0 Å². The molecule has 26 heavy (non-hydrogen) atoms. The number of amides is 4. The summed E-state index contributed by atoms with van der Waals surface area (Å²) in [6.07, 6.45) is 1.35. The molecule has 4 amide bonds. The van der Waals surface area contributed by atoms with Gasteiger partial charge in [0, 0.05) is 6.21 Å². The molecule has 8 nitrogen and oxygen atoms in total. The van der Waals surface area contributed by atoms with E-state index in [2.05, 4.69) is 10.3 Å². The lowest BCUT2D eigenvalue weighted by Crippen LogP contribution is -3.14. The number of benzene rings is 1. The molecule has 2 fully saturated rings. The van der Waals surface area contributed by atoms with Crippen LogP contribution in [0.15, 0.2) is 29.3 Å². The molecule has 138 valence electrons. The van der Waals surface area contributed by atoms with Crippen molar-refractivity contribution >= 4 is 29.7 Å². The molecule has 3 rings (SSSR count). The average Bonchev–Trinajstić information content (AvgIpc) is 2.61. The van der Waals surface area contributed by atoms with Crippen LogP contribution in [0.1, 0.15) is 5.56 Å². The highest BCUT2D eigenvalue weighted by atomic mass is 16.5. The first kappa shape index (κ1) is 18.2. The van der Waals surface area contributed by atoms with Gasteiger partial charge in [-0.25, -0.2) is 9.69 Å². The number of morpholine rings is 1. The number of rotatable bonds is 5. The third-order valence-electron chi connectivity index (χ3n) is 4.51. The Bertz CT molecular complexity index is 728. The molecule has 0 spiro atoms. The molecule has 2 aliphatic heterocycles. The van der Waals surface area contributed by atoms with Crippen LogP contribution in [0.4, 0.5) is 10.5 Å². The van der Waals surface area contributed by atoms with E-state index in [0.717, 1.165) is 43.3 Å². The summed E-state index contributed by atoms with van der Waals surface area (Å²) in [5.41, 5.74) is 1.36. The predicted octanol–water partition coefficient (Wildman–Crippen LogP) is -0.820. The van der Waals surface area contributed by atoms with E-state index < -0.39 is 23.8 Å².